The van der Waals surface area contributed by atoms with Gasteiger partial charge in [-0.3, -0.25) is 9.59 Å². The van der Waals surface area contributed by atoms with Crippen LogP contribution in [0.25, 0.3) is 0 Å². The van der Waals surface area contributed by atoms with Crippen LogP contribution in [0.4, 0.5) is 0 Å². The summed E-state index contributed by atoms with van der Waals surface area (Å²) in [5, 5.41) is 6.16. The molecule has 1 N–H and O–H groups in total. The minimum Gasteiger partial charge on any atom is -0.344 e. The molecular formula is C22H18NO2P. The molecule has 1 amide bonds. The fraction of sp³-hybridized carbons (Fsp3) is 0.0455. The third kappa shape index (κ3) is 2.53. The van der Waals surface area contributed by atoms with Crippen LogP contribution in [0.15, 0.2) is 91.0 Å². The highest BCUT2D eigenvalue weighted by Crippen LogP contribution is 2.46. The number of rotatable bonds is 3. The lowest BCUT2D eigenvalue weighted by molar-refractivity contribution is -0.113. The van der Waals surface area contributed by atoms with Crippen LogP contribution < -0.4 is 21.2 Å². The van der Waals surface area contributed by atoms with Crippen molar-refractivity contribution in [3.8, 4) is 0 Å². The SMILES string of the molecule is O=C1CNC(=O)C1=P(c1ccccc1)(c1ccccc1)c1ccccc1. The van der Waals surface area contributed by atoms with Crippen molar-refractivity contribution in [1.29, 1.82) is 0 Å². The second-order valence-electron chi connectivity index (χ2n) is 6.13. The molecule has 1 aliphatic rings. The van der Waals surface area contributed by atoms with E-state index in [1.807, 2.05) is 91.0 Å². The van der Waals surface area contributed by atoms with E-state index in [0.717, 1.165) is 15.9 Å². The molecule has 0 aliphatic carbocycles. The second-order valence-corrected chi connectivity index (χ2v) is 9.47. The molecule has 3 aromatic carbocycles. The number of benzene rings is 3. The molecule has 0 atom stereocenters. The van der Waals surface area contributed by atoms with Crippen molar-refractivity contribution in [2.24, 2.45) is 0 Å². The van der Waals surface area contributed by atoms with Gasteiger partial charge in [0.25, 0.3) is 5.91 Å². The van der Waals surface area contributed by atoms with Crippen molar-refractivity contribution in [2.75, 3.05) is 6.54 Å². The van der Waals surface area contributed by atoms with Gasteiger partial charge < -0.3 is 5.32 Å². The first-order chi connectivity index (χ1) is 12.7. The van der Waals surface area contributed by atoms with E-state index < -0.39 is 6.89 Å². The van der Waals surface area contributed by atoms with Crippen molar-refractivity contribution < 1.29 is 9.59 Å². The number of carbonyl (C=O) groups excluding carboxylic acids is 2. The summed E-state index contributed by atoms with van der Waals surface area (Å²) in [5.41, 5.74) is 0. The Kier molecular flexibility index (Phi) is 4.32. The zero-order valence-electron chi connectivity index (χ0n) is 14.1. The van der Waals surface area contributed by atoms with Gasteiger partial charge in [0.2, 0.25) is 0 Å². The molecule has 0 spiro atoms. The number of Topliss-reactive ketones (excluding diaryl/α,β-unsaturated/α-hetero) is 1. The van der Waals surface area contributed by atoms with Gasteiger partial charge in [0.15, 0.2) is 5.78 Å². The number of hydrogen-bond acceptors (Lipinski definition) is 2. The van der Waals surface area contributed by atoms with Gasteiger partial charge in [0.05, 0.1) is 11.8 Å². The molecule has 26 heavy (non-hydrogen) atoms. The van der Waals surface area contributed by atoms with Gasteiger partial charge in [0.1, 0.15) is 0 Å². The average molecular weight is 359 g/mol. The molecule has 0 radical (unpaired) electrons. The summed E-state index contributed by atoms with van der Waals surface area (Å²) >= 11 is 0. The Labute approximate surface area is 152 Å². The first kappa shape index (κ1) is 16.6. The predicted molar refractivity (Wildman–Crippen MR) is 108 cm³/mol. The standard InChI is InChI=1S/C22H18NO2P/c24-20-16-23-22(25)21(20)26(17-10-4-1-5-11-17,18-12-6-2-7-13-18)19-14-8-3-9-15-19/h1-15H,16H2,(H,23,25). The Morgan fingerprint density at radius 1 is 0.615 bits per heavy atom. The van der Waals surface area contributed by atoms with Crippen molar-refractivity contribution in [2.45, 2.75) is 0 Å². The van der Waals surface area contributed by atoms with E-state index in [0.29, 0.717) is 5.29 Å². The summed E-state index contributed by atoms with van der Waals surface area (Å²) in [7, 11) is 0. The molecule has 4 rings (SSSR count). The topological polar surface area (TPSA) is 46.2 Å². The monoisotopic (exact) mass is 359 g/mol. The van der Waals surface area contributed by atoms with Crippen LogP contribution in [-0.4, -0.2) is 23.5 Å². The molecule has 3 nitrogen and oxygen atoms in total. The minimum absolute atomic E-state index is 0.0718. The molecule has 4 heteroatoms. The first-order valence-corrected chi connectivity index (χ1v) is 10.3. The highest BCUT2D eigenvalue weighted by molar-refractivity contribution is 7.97. The van der Waals surface area contributed by atoms with Gasteiger partial charge in [-0.25, -0.2) is 0 Å². The fourth-order valence-electron chi connectivity index (χ4n) is 3.58. The van der Waals surface area contributed by atoms with Gasteiger partial charge in [-0.1, -0.05) is 91.0 Å². The number of amides is 1. The Balaban J connectivity index is 2.25. The van der Waals surface area contributed by atoms with Crippen molar-refractivity contribution >= 4 is 39.8 Å². The molecule has 1 saturated heterocycles. The summed E-state index contributed by atoms with van der Waals surface area (Å²) < 4.78 is 0. The first-order valence-electron chi connectivity index (χ1n) is 8.49. The smallest absolute Gasteiger partial charge is 0.256 e. The second kappa shape index (κ2) is 6.78. The molecule has 0 aromatic heterocycles. The molecular weight excluding hydrogens is 341 g/mol. The minimum atomic E-state index is -2.56. The number of hydrogen-bond donors (Lipinski definition) is 1. The highest BCUT2D eigenvalue weighted by Gasteiger charge is 2.39. The average Bonchev–Trinajstić information content (AvgIpc) is 3.04. The van der Waals surface area contributed by atoms with Crippen molar-refractivity contribution in [3.05, 3.63) is 91.0 Å². The molecule has 0 bridgehead atoms. The lowest BCUT2D eigenvalue weighted by Crippen LogP contribution is -2.35. The van der Waals surface area contributed by atoms with Crippen LogP contribution in [0.2, 0.25) is 0 Å². The molecule has 1 heterocycles. The molecule has 3 aromatic rings. The summed E-state index contributed by atoms with van der Waals surface area (Å²) in [6.07, 6.45) is 0. The Morgan fingerprint density at radius 3 is 1.31 bits per heavy atom. The maximum atomic E-state index is 12.9. The normalized spacial score (nSPS) is 14.4. The van der Waals surface area contributed by atoms with Gasteiger partial charge in [-0.2, -0.15) is 0 Å². The molecule has 128 valence electrons. The fourth-order valence-corrected chi connectivity index (χ4v) is 7.95. The van der Waals surface area contributed by atoms with Gasteiger partial charge >= 0.3 is 0 Å². The van der Waals surface area contributed by atoms with Crippen LogP contribution in [0.5, 0.6) is 0 Å². The zero-order valence-corrected chi connectivity index (χ0v) is 15.0. The Hall–Kier alpha value is -2.90. The van der Waals surface area contributed by atoms with E-state index in [1.54, 1.807) is 0 Å². The number of ketones is 1. The van der Waals surface area contributed by atoms with E-state index in [1.165, 1.54) is 0 Å². The third-order valence-electron chi connectivity index (χ3n) is 4.65. The quantitative estimate of drug-likeness (QED) is 0.726. The summed E-state index contributed by atoms with van der Waals surface area (Å²) in [5.74, 6) is -0.361. The lowest BCUT2D eigenvalue weighted by Gasteiger charge is -2.30. The van der Waals surface area contributed by atoms with Crippen LogP contribution in [-0.2, 0) is 9.59 Å². The van der Waals surface area contributed by atoms with Crippen LogP contribution >= 0.6 is 6.89 Å². The number of carbonyl (C=O) groups is 2. The highest BCUT2D eigenvalue weighted by atomic mass is 31.2. The van der Waals surface area contributed by atoms with E-state index in [4.69, 9.17) is 0 Å². The van der Waals surface area contributed by atoms with Crippen LogP contribution in [0.1, 0.15) is 0 Å². The molecule has 0 unspecified atom stereocenters. The third-order valence-corrected chi connectivity index (χ3v) is 9.00. The zero-order chi connectivity index (χ0) is 18.0. The number of nitrogens with one attached hydrogen (secondary N) is 1. The van der Waals surface area contributed by atoms with Gasteiger partial charge in [0, 0.05) is 0 Å². The van der Waals surface area contributed by atoms with Crippen molar-refractivity contribution in [1.82, 2.24) is 5.32 Å². The predicted octanol–water partition coefficient (Wildman–Crippen LogP) is 1.85. The Bertz CT molecular complexity index is 890. The van der Waals surface area contributed by atoms with E-state index >= 15 is 0 Å². The molecule has 1 fully saturated rings. The maximum Gasteiger partial charge on any atom is 0.256 e. The molecule has 1 aliphatic heterocycles. The largest absolute Gasteiger partial charge is 0.344 e. The van der Waals surface area contributed by atoms with Crippen molar-refractivity contribution in [3.63, 3.8) is 0 Å². The lowest BCUT2D eigenvalue weighted by atomic mass is 10.3. The Morgan fingerprint density at radius 2 is 1.00 bits per heavy atom. The van der Waals surface area contributed by atoms with Gasteiger partial charge in [-0.15, -0.1) is 0 Å². The van der Waals surface area contributed by atoms with E-state index in [2.05, 4.69) is 5.32 Å². The summed E-state index contributed by atoms with van der Waals surface area (Å²) in [6, 6.07) is 29.8. The van der Waals surface area contributed by atoms with E-state index in [9.17, 15) is 9.59 Å². The summed E-state index contributed by atoms with van der Waals surface area (Å²) in [6.45, 7) is -2.49. The van der Waals surface area contributed by atoms with Gasteiger partial charge in [-0.05, 0) is 22.8 Å². The van der Waals surface area contributed by atoms with Crippen LogP contribution in [0, 0.1) is 0 Å². The van der Waals surface area contributed by atoms with Crippen LogP contribution in [0.3, 0.4) is 0 Å². The van der Waals surface area contributed by atoms with E-state index in [-0.39, 0.29) is 18.2 Å². The molecule has 0 saturated carbocycles. The maximum absolute atomic E-state index is 12.9. The summed E-state index contributed by atoms with van der Waals surface area (Å²) in [4.78, 5) is 25.7.